The van der Waals surface area contributed by atoms with Crippen molar-refractivity contribution in [1.29, 1.82) is 0 Å². The van der Waals surface area contributed by atoms with Crippen molar-refractivity contribution in [3.8, 4) is 5.75 Å². The van der Waals surface area contributed by atoms with Crippen LogP contribution in [0, 0.1) is 27.4 Å². The summed E-state index contributed by atoms with van der Waals surface area (Å²) in [6.07, 6.45) is 5.01. The molecule has 140 valence electrons. The largest absolute Gasteiger partial charge is 0.484 e. The summed E-state index contributed by atoms with van der Waals surface area (Å²) in [6, 6.07) is 3.66. The van der Waals surface area contributed by atoms with Gasteiger partial charge in [0.2, 0.25) is 0 Å². The van der Waals surface area contributed by atoms with Gasteiger partial charge >= 0.3 is 5.69 Å². The molecule has 3 aliphatic carbocycles. The predicted octanol–water partition coefficient (Wildman–Crippen LogP) is 3.39. The summed E-state index contributed by atoms with van der Waals surface area (Å²) >= 11 is 0. The average Bonchev–Trinajstić information content (AvgIpc) is 2.93. The van der Waals surface area contributed by atoms with Crippen LogP contribution in [0.15, 0.2) is 12.1 Å². The number of nitrogens with zero attached hydrogens (tertiary/aromatic N) is 1. The molecule has 0 spiro atoms. The third kappa shape index (κ3) is 2.46. The first-order valence-electron chi connectivity index (χ1n) is 9.54. The molecule has 1 aromatic rings. The topological polar surface area (TPSA) is 89.7 Å². The van der Waals surface area contributed by atoms with Gasteiger partial charge in [0.1, 0.15) is 12.4 Å². The minimum Gasteiger partial charge on any atom is -0.484 e. The van der Waals surface area contributed by atoms with Crippen molar-refractivity contribution in [1.82, 2.24) is 0 Å². The number of hydrogen-bond acceptors (Lipinski definition) is 5. The van der Waals surface area contributed by atoms with Gasteiger partial charge in [0, 0.05) is 17.4 Å². The molecule has 6 heteroatoms. The van der Waals surface area contributed by atoms with Crippen molar-refractivity contribution >= 4 is 11.5 Å². The number of benzene rings is 1. The second-order valence-electron chi connectivity index (χ2n) is 8.14. The highest BCUT2D eigenvalue weighted by atomic mass is 16.6. The number of rotatable bonds is 4. The maximum Gasteiger partial charge on any atom is 0.314 e. The number of aliphatic hydroxyl groups excluding tert-OH is 1. The minimum absolute atomic E-state index is 0.0498. The molecular formula is C20H25NO5. The van der Waals surface area contributed by atoms with Crippen molar-refractivity contribution in [3.05, 3.63) is 33.4 Å². The van der Waals surface area contributed by atoms with Crippen LogP contribution in [0.25, 0.3) is 0 Å². The summed E-state index contributed by atoms with van der Waals surface area (Å²) < 4.78 is 5.41. The number of hydrogen-bond donors (Lipinski definition) is 1. The molecule has 1 aromatic carbocycles. The van der Waals surface area contributed by atoms with Crippen LogP contribution in [0.3, 0.4) is 0 Å². The molecule has 0 heterocycles. The zero-order valence-corrected chi connectivity index (χ0v) is 15.1. The highest BCUT2D eigenvalue weighted by Crippen LogP contribution is 2.60. The molecule has 0 aromatic heterocycles. The van der Waals surface area contributed by atoms with Crippen LogP contribution >= 0.6 is 0 Å². The van der Waals surface area contributed by atoms with Crippen molar-refractivity contribution in [2.45, 2.75) is 51.4 Å². The van der Waals surface area contributed by atoms with E-state index < -0.39 is 0 Å². The molecule has 2 saturated carbocycles. The van der Waals surface area contributed by atoms with Gasteiger partial charge in [-0.1, -0.05) is 13.0 Å². The van der Waals surface area contributed by atoms with Crippen LogP contribution < -0.4 is 4.74 Å². The Morgan fingerprint density at radius 2 is 2.12 bits per heavy atom. The van der Waals surface area contributed by atoms with Gasteiger partial charge in [-0.15, -0.1) is 0 Å². The second kappa shape index (κ2) is 6.34. The number of ether oxygens (including phenoxy) is 1. The average molecular weight is 359 g/mol. The van der Waals surface area contributed by atoms with E-state index in [9.17, 15) is 14.9 Å². The van der Waals surface area contributed by atoms with E-state index in [0.717, 1.165) is 36.8 Å². The van der Waals surface area contributed by atoms with Gasteiger partial charge in [0.15, 0.2) is 5.75 Å². The van der Waals surface area contributed by atoms with Gasteiger partial charge in [-0.05, 0) is 61.5 Å². The molecule has 0 aliphatic heterocycles. The van der Waals surface area contributed by atoms with E-state index in [1.807, 2.05) is 6.07 Å². The highest BCUT2D eigenvalue weighted by Gasteiger charge is 2.55. The Morgan fingerprint density at radius 3 is 2.85 bits per heavy atom. The molecule has 0 bridgehead atoms. The number of carbonyl (C=O) groups excluding carboxylic acids is 1. The van der Waals surface area contributed by atoms with Crippen LogP contribution in [-0.4, -0.2) is 29.0 Å². The SMILES string of the molecule is CC12CCC3c4ccc(OCCO)c([N+](=O)[O-])c4CCC3C1CCC2=O. The van der Waals surface area contributed by atoms with Gasteiger partial charge in [-0.25, -0.2) is 0 Å². The molecule has 6 nitrogen and oxygen atoms in total. The van der Waals surface area contributed by atoms with Crippen LogP contribution in [0.4, 0.5) is 5.69 Å². The lowest BCUT2D eigenvalue weighted by atomic mass is 9.55. The third-order valence-electron chi connectivity index (χ3n) is 7.09. The van der Waals surface area contributed by atoms with Crippen LogP contribution in [0.1, 0.15) is 56.1 Å². The summed E-state index contributed by atoms with van der Waals surface area (Å²) in [5.41, 5.74) is 1.74. The zero-order chi connectivity index (χ0) is 18.5. The molecular weight excluding hydrogens is 334 g/mol. The lowest BCUT2D eigenvalue weighted by Gasteiger charge is -2.48. The van der Waals surface area contributed by atoms with Gasteiger partial charge < -0.3 is 9.84 Å². The quantitative estimate of drug-likeness (QED) is 0.657. The molecule has 1 N–H and O–H groups in total. The Hall–Kier alpha value is -1.95. The van der Waals surface area contributed by atoms with Crippen LogP contribution in [-0.2, 0) is 11.2 Å². The maximum absolute atomic E-state index is 12.4. The van der Waals surface area contributed by atoms with Gasteiger partial charge in [0.25, 0.3) is 0 Å². The van der Waals surface area contributed by atoms with E-state index >= 15 is 0 Å². The molecule has 0 amide bonds. The predicted molar refractivity (Wildman–Crippen MR) is 95.3 cm³/mol. The lowest BCUT2D eigenvalue weighted by molar-refractivity contribution is -0.386. The maximum atomic E-state index is 12.4. The van der Waals surface area contributed by atoms with E-state index in [0.29, 0.717) is 36.4 Å². The first kappa shape index (κ1) is 17.5. The van der Waals surface area contributed by atoms with E-state index in [1.54, 1.807) is 6.07 Å². The number of Topliss-reactive ketones (excluding diaryl/α,β-unsaturated/α-hetero) is 1. The third-order valence-corrected chi connectivity index (χ3v) is 7.09. The Bertz CT molecular complexity index is 761. The number of aliphatic hydroxyl groups is 1. The Balaban J connectivity index is 1.72. The zero-order valence-electron chi connectivity index (χ0n) is 15.1. The highest BCUT2D eigenvalue weighted by molar-refractivity contribution is 5.87. The number of nitro groups is 1. The van der Waals surface area contributed by atoms with E-state index in [-0.39, 0.29) is 35.0 Å². The van der Waals surface area contributed by atoms with Gasteiger partial charge in [0.05, 0.1) is 11.5 Å². The summed E-state index contributed by atoms with van der Waals surface area (Å²) in [6.45, 7) is 2.01. The summed E-state index contributed by atoms with van der Waals surface area (Å²) in [5, 5.41) is 20.7. The second-order valence-corrected chi connectivity index (χ2v) is 8.14. The molecule has 0 saturated heterocycles. The smallest absolute Gasteiger partial charge is 0.314 e. The first-order valence-corrected chi connectivity index (χ1v) is 9.54. The molecule has 4 unspecified atom stereocenters. The van der Waals surface area contributed by atoms with E-state index in [2.05, 4.69) is 6.92 Å². The van der Waals surface area contributed by atoms with Crippen molar-refractivity contribution < 1.29 is 19.6 Å². The Labute approximate surface area is 152 Å². The normalized spacial score (nSPS) is 32.5. The summed E-state index contributed by atoms with van der Waals surface area (Å²) in [5.74, 6) is 1.81. The fourth-order valence-electron chi connectivity index (χ4n) is 5.87. The number of nitro benzene ring substituents is 1. The van der Waals surface area contributed by atoms with Gasteiger partial charge in [-0.2, -0.15) is 0 Å². The summed E-state index contributed by atoms with van der Waals surface area (Å²) in [7, 11) is 0. The first-order chi connectivity index (χ1) is 12.5. The fraction of sp³-hybridized carbons (Fsp3) is 0.650. The number of ketones is 1. The molecule has 3 aliphatic rings. The Kier molecular flexibility index (Phi) is 4.26. The number of carbonyl (C=O) groups is 1. The monoisotopic (exact) mass is 359 g/mol. The van der Waals surface area contributed by atoms with Crippen LogP contribution in [0.5, 0.6) is 5.75 Å². The molecule has 26 heavy (non-hydrogen) atoms. The minimum atomic E-state index is -0.349. The standard InChI is InChI=1S/C20H25NO5/c1-20-9-8-13-12-4-6-17(26-11-10-22)19(21(24)25)15(12)3-2-14(13)16(20)5-7-18(20)23/h4,6,13-14,16,22H,2-3,5,7-11H2,1H3. The molecule has 0 radical (unpaired) electrons. The van der Waals surface area contributed by atoms with Gasteiger partial charge in [-0.3, -0.25) is 14.9 Å². The fourth-order valence-corrected chi connectivity index (χ4v) is 5.87. The van der Waals surface area contributed by atoms with E-state index in [4.69, 9.17) is 9.84 Å². The Morgan fingerprint density at radius 1 is 1.31 bits per heavy atom. The molecule has 2 fully saturated rings. The van der Waals surface area contributed by atoms with Crippen molar-refractivity contribution in [3.63, 3.8) is 0 Å². The molecule has 4 atom stereocenters. The van der Waals surface area contributed by atoms with Crippen molar-refractivity contribution in [2.24, 2.45) is 17.3 Å². The summed E-state index contributed by atoms with van der Waals surface area (Å²) in [4.78, 5) is 23.8. The molecule has 4 rings (SSSR count). The lowest BCUT2D eigenvalue weighted by Crippen LogP contribution is -2.42. The van der Waals surface area contributed by atoms with Crippen molar-refractivity contribution in [2.75, 3.05) is 13.2 Å². The number of fused-ring (bicyclic) bond motifs is 5. The van der Waals surface area contributed by atoms with Crippen LogP contribution in [0.2, 0.25) is 0 Å². The van der Waals surface area contributed by atoms with E-state index in [1.165, 1.54) is 0 Å².